The zero-order chi connectivity index (χ0) is 16.7. The Labute approximate surface area is 141 Å². The molecule has 0 atom stereocenters. The number of aryl methyl sites for hydroxylation is 2. The Balaban J connectivity index is 1.55. The minimum Gasteiger partial charge on any atom is -0.486 e. The summed E-state index contributed by atoms with van der Waals surface area (Å²) in [5.74, 6) is 1.91. The van der Waals surface area contributed by atoms with Crippen LogP contribution in [0.15, 0.2) is 16.7 Å². The number of thiazole rings is 1. The molecule has 1 N–H and O–H groups in total. The van der Waals surface area contributed by atoms with Crippen molar-refractivity contribution < 1.29 is 18.8 Å². The van der Waals surface area contributed by atoms with Gasteiger partial charge < -0.3 is 19.3 Å². The molecule has 0 spiro atoms. The lowest BCUT2D eigenvalue weighted by molar-refractivity contribution is -0.115. The van der Waals surface area contributed by atoms with Crippen molar-refractivity contribution in [2.45, 2.75) is 20.3 Å². The number of benzene rings is 1. The van der Waals surface area contributed by atoms with E-state index < -0.39 is 0 Å². The zero-order valence-electron chi connectivity index (χ0n) is 13.2. The van der Waals surface area contributed by atoms with E-state index >= 15 is 0 Å². The molecule has 4 rings (SSSR count). The van der Waals surface area contributed by atoms with Crippen LogP contribution in [0.4, 0.5) is 5.13 Å². The molecule has 0 fully saturated rings. The quantitative estimate of drug-likeness (QED) is 0.785. The second-order valence-electron chi connectivity index (χ2n) is 5.51. The maximum absolute atomic E-state index is 12.3. The summed E-state index contributed by atoms with van der Waals surface area (Å²) in [6, 6.07) is 3.73. The number of carbonyl (C=O) groups excluding carboxylic acids is 1. The Morgan fingerprint density at radius 1 is 1.25 bits per heavy atom. The molecule has 3 aromatic rings. The molecule has 1 aromatic carbocycles. The van der Waals surface area contributed by atoms with Crippen molar-refractivity contribution in [3.05, 3.63) is 29.2 Å². The maximum atomic E-state index is 12.3. The van der Waals surface area contributed by atoms with E-state index in [0.29, 0.717) is 35.6 Å². The Morgan fingerprint density at radius 2 is 2.00 bits per heavy atom. The number of nitrogens with zero attached hydrogens (tertiary/aromatic N) is 2. The van der Waals surface area contributed by atoms with Crippen molar-refractivity contribution in [2.24, 2.45) is 0 Å². The van der Waals surface area contributed by atoms with Gasteiger partial charge in [0.05, 0.1) is 22.3 Å². The van der Waals surface area contributed by atoms with Crippen molar-refractivity contribution in [2.75, 3.05) is 18.5 Å². The molecule has 0 aliphatic carbocycles. The van der Waals surface area contributed by atoms with E-state index in [1.807, 2.05) is 19.1 Å². The molecule has 0 radical (unpaired) electrons. The van der Waals surface area contributed by atoms with Crippen LogP contribution in [0.3, 0.4) is 0 Å². The van der Waals surface area contributed by atoms with Gasteiger partial charge in [0.1, 0.15) is 19.0 Å². The number of anilines is 1. The average Bonchev–Trinajstić information content (AvgIpc) is 3.09. The van der Waals surface area contributed by atoms with Gasteiger partial charge in [-0.3, -0.25) is 4.79 Å². The fraction of sp³-hybridized carbons (Fsp3) is 0.312. The molecule has 0 saturated carbocycles. The van der Waals surface area contributed by atoms with Crippen molar-refractivity contribution in [3.8, 4) is 11.5 Å². The highest BCUT2D eigenvalue weighted by Gasteiger charge is 2.17. The standard InChI is InChI=1S/C16H15N3O4S/c1-8-10(9(2)23-19-8)5-15(20)18-16-17-11-6-12-13(7-14(11)24-16)22-4-3-21-12/h6-7H,3-5H2,1-2H3,(H,17,18,20). The van der Waals surface area contributed by atoms with E-state index in [-0.39, 0.29) is 12.3 Å². The topological polar surface area (TPSA) is 86.5 Å². The van der Waals surface area contributed by atoms with Crippen LogP contribution >= 0.6 is 11.3 Å². The monoisotopic (exact) mass is 345 g/mol. The average molecular weight is 345 g/mol. The maximum Gasteiger partial charge on any atom is 0.230 e. The number of hydrogen-bond acceptors (Lipinski definition) is 7. The van der Waals surface area contributed by atoms with Gasteiger partial charge in [-0.15, -0.1) is 0 Å². The Bertz CT molecular complexity index is 868. The molecule has 0 unspecified atom stereocenters. The summed E-state index contributed by atoms with van der Waals surface area (Å²) in [6.45, 7) is 4.69. The first-order valence-electron chi connectivity index (χ1n) is 7.52. The number of fused-ring (bicyclic) bond motifs is 2. The molecule has 3 heterocycles. The molecule has 0 bridgehead atoms. The number of nitrogens with one attached hydrogen (secondary N) is 1. The molecule has 1 amide bonds. The number of aromatic nitrogens is 2. The van der Waals surface area contributed by atoms with Gasteiger partial charge in [0, 0.05) is 17.7 Å². The molecule has 8 heteroatoms. The van der Waals surface area contributed by atoms with E-state index in [9.17, 15) is 4.79 Å². The van der Waals surface area contributed by atoms with Crippen LogP contribution in [-0.4, -0.2) is 29.3 Å². The SMILES string of the molecule is Cc1noc(C)c1CC(=O)Nc1nc2cc3c(cc2s1)OCCO3. The van der Waals surface area contributed by atoms with Crippen LogP contribution in [0.25, 0.3) is 10.2 Å². The Hall–Kier alpha value is -2.61. The van der Waals surface area contributed by atoms with Crippen molar-refractivity contribution >= 4 is 32.6 Å². The van der Waals surface area contributed by atoms with Gasteiger partial charge in [0.15, 0.2) is 16.6 Å². The third-order valence-electron chi connectivity index (χ3n) is 3.82. The van der Waals surface area contributed by atoms with Crippen LogP contribution in [0.1, 0.15) is 17.0 Å². The minimum atomic E-state index is -0.152. The van der Waals surface area contributed by atoms with Gasteiger partial charge in [-0.25, -0.2) is 4.98 Å². The first-order chi connectivity index (χ1) is 11.6. The molecule has 2 aromatic heterocycles. The highest BCUT2D eigenvalue weighted by molar-refractivity contribution is 7.22. The van der Waals surface area contributed by atoms with E-state index in [2.05, 4.69) is 15.5 Å². The largest absolute Gasteiger partial charge is 0.486 e. The van der Waals surface area contributed by atoms with Crippen molar-refractivity contribution in [3.63, 3.8) is 0 Å². The van der Waals surface area contributed by atoms with Crippen LogP contribution in [0.5, 0.6) is 11.5 Å². The van der Waals surface area contributed by atoms with Gasteiger partial charge in [-0.2, -0.15) is 0 Å². The van der Waals surface area contributed by atoms with E-state index in [1.54, 1.807) is 6.92 Å². The Morgan fingerprint density at radius 3 is 2.71 bits per heavy atom. The normalized spacial score (nSPS) is 13.2. The van der Waals surface area contributed by atoms with Crippen LogP contribution in [0.2, 0.25) is 0 Å². The fourth-order valence-corrected chi connectivity index (χ4v) is 3.49. The molecule has 0 saturated heterocycles. The number of carbonyl (C=O) groups is 1. The number of ether oxygens (including phenoxy) is 2. The van der Waals surface area contributed by atoms with Crippen LogP contribution in [0, 0.1) is 13.8 Å². The van der Waals surface area contributed by atoms with E-state index in [0.717, 1.165) is 21.5 Å². The van der Waals surface area contributed by atoms with Gasteiger partial charge in [-0.05, 0) is 13.8 Å². The minimum absolute atomic E-state index is 0.152. The fourth-order valence-electron chi connectivity index (χ4n) is 2.60. The van der Waals surface area contributed by atoms with Crippen LogP contribution < -0.4 is 14.8 Å². The molecule has 7 nitrogen and oxygen atoms in total. The molecule has 1 aliphatic heterocycles. The lowest BCUT2D eigenvalue weighted by Crippen LogP contribution is -2.15. The summed E-state index contributed by atoms with van der Waals surface area (Å²) < 4.78 is 17.1. The van der Waals surface area contributed by atoms with Gasteiger partial charge in [0.25, 0.3) is 0 Å². The first-order valence-corrected chi connectivity index (χ1v) is 8.33. The smallest absolute Gasteiger partial charge is 0.230 e. The number of rotatable bonds is 3. The molecule has 124 valence electrons. The summed E-state index contributed by atoms with van der Waals surface area (Å²) in [5, 5.41) is 7.24. The molecular weight excluding hydrogens is 330 g/mol. The summed E-state index contributed by atoms with van der Waals surface area (Å²) in [5.41, 5.74) is 2.32. The highest BCUT2D eigenvalue weighted by Crippen LogP contribution is 2.37. The second kappa shape index (κ2) is 5.79. The highest BCUT2D eigenvalue weighted by atomic mass is 32.1. The molecule has 1 aliphatic rings. The third kappa shape index (κ3) is 2.69. The lowest BCUT2D eigenvalue weighted by Gasteiger charge is -2.17. The van der Waals surface area contributed by atoms with Gasteiger partial charge in [0.2, 0.25) is 5.91 Å². The van der Waals surface area contributed by atoms with Crippen molar-refractivity contribution in [1.82, 2.24) is 10.1 Å². The van der Waals surface area contributed by atoms with Crippen molar-refractivity contribution in [1.29, 1.82) is 0 Å². The second-order valence-corrected chi connectivity index (χ2v) is 6.54. The Kier molecular flexibility index (Phi) is 3.61. The van der Waals surface area contributed by atoms with E-state index in [1.165, 1.54) is 11.3 Å². The van der Waals surface area contributed by atoms with Gasteiger partial charge in [-0.1, -0.05) is 16.5 Å². The first kappa shape index (κ1) is 14.9. The number of amides is 1. The summed E-state index contributed by atoms with van der Waals surface area (Å²) >= 11 is 1.40. The summed E-state index contributed by atoms with van der Waals surface area (Å²) in [6.07, 6.45) is 0.208. The predicted molar refractivity (Wildman–Crippen MR) is 88.9 cm³/mol. The van der Waals surface area contributed by atoms with Gasteiger partial charge >= 0.3 is 0 Å². The summed E-state index contributed by atoms with van der Waals surface area (Å²) in [7, 11) is 0. The van der Waals surface area contributed by atoms with E-state index in [4.69, 9.17) is 14.0 Å². The summed E-state index contributed by atoms with van der Waals surface area (Å²) in [4.78, 5) is 16.7. The molecule has 24 heavy (non-hydrogen) atoms. The lowest BCUT2D eigenvalue weighted by atomic mass is 10.1. The zero-order valence-corrected chi connectivity index (χ0v) is 14.0. The third-order valence-corrected chi connectivity index (χ3v) is 4.75. The number of hydrogen-bond donors (Lipinski definition) is 1. The molecular formula is C16H15N3O4S. The van der Waals surface area contributed by atoms with Crippen LogP contribution in [-0.2, 0) is 11.2 Å². The predicted octanol–water partition coefficient (Wildman–Crippen LogP) is 2.85.